The normalized spacial score (nSPS) is 20.1. The van der Waals surface area contributed by atoms with Crippen molar-refractivity contribution in [2.45, 2.75) is 26.7 Å². The molecule has 4 heteroatoms. The lowest BCUT2D eigenvalue weighted by molar-refractivity contribution is 0.152. The Kier molecular flexibility index (Phi) is 3.73. The van der Waals surface area contributed by atoms with Crippen LogP contribution in [-0.2, 0) is 0 Å². The Morgan fingerprint density at radius 1 is 1.33 bits per heavy atom. The Balaban J connectivity index is 2.24. The summed E-state index contributed by atoms with van der Waals surface area (Å²) in [7, 11) is 0. The van der Waals surface area contributed by atoms with Crippen LogP contribution in [0.3, 0.4) is 0 Å². The van der Waals surface area contributed by atoms with E-state index in [2.05, 4.69) is 18.7 Å². The Bertz CT molecular complexity index is 418. The van der Waals surface area contributed by atoms with Gasteiger partial charge in [0.05, 0.1) is 0 Å². The summed E-state index contributed by atoms with van der Waals surface area (Å²) in [5.74, 6) is 1.19. The zero-order valence-electron chi connectivity index (χ0n) is 10.9. The molecule has 100 valence electrons. The summed E-state index contributed by atoms with van der Waals surface area (Å²) in [6, 6.07) is 4.81. The van der Waals surface area contributed by atoms with E-state index in [1.54, 1.807) is 12.1 Å². The van der Waals surface area contributed by atoms with Gasteiger partial charge in [0.25, 0.3) is 6.43 Å². The molecule has 0 amide bonds. The number of nitrogen functional groups attached to an aromatic ring is 1. The molecule has 0 saturated carbocycles. The second-order valence-electron chi connectivity index (χ2n) is 5.36. The molecule has 2 N–H and O–H groups in total. The first-order valence-corrected chi connectivity index (χ1v) is 6.41. The largest absolute Gasteiger partial charge is 0.399 e. The maximum absolute atomic E-state index is 13.0. The van der Waals surface area contributed by atoms with Crippen molar-refractivity contribution in [3.63, 3.8) is 0 Å². The van der Waals surface area contributed by atoms with Crippen molar-refractivity contribution >= 4 is 11.4 Å². The molecule has 1 aromatic carbocycles. The quantitative estimate of drug-likeness (QED) is 0.833. The van der Waals surface area contributed by atoms with Gasteiger partial charge in [-0.2, -0.15) is 0 Å². The molecule has 1 unspecified atom stereocenters. The molecule has 2 rings (SSSR count). The van der Waals surface area contributed by atoms with Crippen molar-refractivity contribution in [1.29, 1.82) is 0 Å². The number of halogens is 2. The number of anilines is 2. The third-order valence-corrected chi connectivity index (χ3v) is 3.79. The molecule has 1 fully saturated rings. The second-order valence-corrected chi connectivity index (χ2v) is 5.36. The van der Waals surface area contributed by atoms with Crippen LogP contribution in [0.4, 0.5) is 20.2 Å². The Hall–Kier alpha value is -1.32. The average molecular weight is 254 g/mol. The maximum atomic E-state index is 13.0. The van der Waals surface area contributed by atoms with Crippen molar-refractivity contribution in [1.82, 2.24) is 0 Å². The summed E-state index contributed by atoms with van der Waals surface area (Å²) in [6.45, 7) is 6.09. The minimum absolute atomic E-state index is 0.0550. The molecule has 1 saturated heterocycles. The predicted molar refractivity (Wildman–Crippen MR) is 71.0 cm³/mol. The topological polar surface area (TPSA) is 29.3 Å². The molecule has 1 heterocycles. The zero-order valence-corrected chi connectivity index (χ0v) is 10.9. The third-order valence-electron chi connectivity index (χ3n) is 3.79. The van der Waals surface area contributed by atoms with Gasteiger partial charge in [-0.3, -0.25) is 0 Å². The molecule has 1 aliphatic heterocycles. The van der Waals surface area contributed by atoms with Crippen LogP contribution in [0.2, 0.25) is 0 Å². The fourth-order valence-corrected chi connectivity index (χ4v) is 2.59. The first kappa shape index (κ1) is 13.1. The van der Waals surface area contributed by atoms with Crippen LogP contribution >= 0.6 is 0 Å². The number of hydrogen-bond donors (Lipinski definition) is 1. The van der Waals surface area contributed by atoms with E-state index in [1.807, 2.05) is 0 Å². The molecular weight excluding hydrogens is 234 g/mol. The summed E-state index contributed by atoms with van der Waals surface area (Å²) >= 11 is 0. The second kappa shape index (κ2) is 5.12. The number of alkyl halides is 2. The van der Waals surface area contributed by atoms with E-state index < -0.39 is 6.43 Å². The summed E-state index contributed by atoms with van der Waals surface area (Å²) < 4.78 is 26.1. The van der Waals surface area contributed by atoms with Crippen LogP contribution in [0.1, 0.15) is 32.3 Å². The van der Waals surface area contributed by atoms with Gasteiger partial charge in [0.1, 0.15) is 0 Å². The van der Waals surface area contributed by atoms with Gasteiger partial charge >= 0.3 is 0 Å². The number of benzene rings is 1. The van der Waals surface area contributed by atoms with Gasteiger partial charge < -0.3 is 10.6 Å². The van der Waals surface area contributed by atoms with Gasteiger partial charge in [0.2, 0.25) is 0 Å². The summed E-state index contributed by atoms with van der Waals surface area (Å²) in [5.41, 5.74) is 6.68. The maximum Gasteiger partial charge on any atom is 0.265 e. The lowest BCUT2D eigenvalue weighted by Crippen LogP contribution is -2.22. The molecular formula is C14H20F2N2. The van der Waals surface area contributed by atoms with Gasteiger partial charge in [-0.1, -0.05) is 13.8 Å². The molecule has 0 bridgehead atoms. The number of rotatable bonds is 3. The van der Waals surface area contributed by atoms with Crippen molar-refractivity contribution in [2.24, 2.45) is 11.8 Å². The molecule has 18 heavy (non-hydrogen) atoms. The van der Waals surface area contributed by atoms with E-state index in [9.17, 15) is 8.78 Å². The SMILES string of the molecule is CC(C)C1CCN(c2ccc(N)cc2C(F)F)C1. The smallest absolute Gasteiger partial charge is 0.265 e. The van der Waals surface area contributed by atoms with E-state index in [-0.39, 0.29) is 5.56 Å². The van der Waals surface area contributed by atoms with Crippen LogP contribution < -0.4 is 10.6 Å². The summed E-state index contributed by atoms with van der Waals surface area (Å²) in [6.07, 6.45) is -1.40. The fourth-order valence-electron chi connectivity index (χ4n) is 2.59. The number of nitrogens with zero attached hydrogens (tertiary/aromatic N) is 1. The van der Waals surface area contributed by atoms with Gasteiger partial charge in [0.15, 0.2) is 0 Å². The molecule has 2 nitrogen and oxygen atoms in total. The zero-order chi connectivity index (χ0) is 13.3. The molecule has 0 radical (unpaired) electrons. The van der Waals surface area contributed by atoms with Gasteiger partial charge in [-0.15, -0.1) is 0 Å². The summed E-state index contributed by atoms with van der Waals surface area (Å²) in [5, 5.41) is 0. The van der Waals surface area contributed by atoms with Gasteiger partial charge in [-0.25, -0.2) is 8.78 Å². The van der Waals surface area contributed by atoms with Crippen molar-refractivity contribution < 1.29 is 8.78 Å². The highest BCUT2D eigenvalue weighted by atomic mass is 19.3. The van der Waals surface area contributed by atoms with E-state index in [4.69, 9.17) is 5.73 Å². The van der Waals surface area contributed by atoms with Crippen LogP contribution in [0, 0.1) is 11.8 Å². The average Bonchev–Trinajstić information content (AvgIpc) is 2.78. The summed E-state index contributed by atoms with van der Waals surface area (Å²) in [4.78, 5) is 2.06. The molecule has 0 spiro atoms. The molecule has 0 aromatic heterocycles. The molecule has 1 aliphatic rings. The first-order chi connectivity index (χ1) is 8.49. The van der Waals surface area contributed by atoms with E-state index in [0.717, 1.165) is 19.5 Å². The Morgan fingerprint density at radius 2 is 2.06 bits per heavy atom. The standard InChI is InChI=1S/C14H20F2N2/c1-9(2)10-5-6-18(8-10)13-4-3-11(17)7-12(13)14(15)16/h3-4,7,9-10,14H,5-6,8,17H2,1-2H3. The Morgan fingerprint density at radius 3 is 2.61 bits per heavy atom. The minimum Gasteiger partial charge on any atom is -0.399 e. The number of hydrogen-bond acceptors (Lipinski definition) is 2. The predicted octanol–water partition coefficient (Wildman–Crippen LogP) is 3.69. The van der Waals surface area contributed by atoms with Crippen molar-refractivity contribution in [3.05, 3.63) is 23.8 Å². The van der Waals surface area contributed by atoms with Gasteiger partial charge in [-0.05, 0) is 36.5 Å². The third kappa shape index (κ3) is 2.57. The van der Waals surface area contributed by atoms with Crippen molar-refractivity contribution in [2.75, 3.05) is 23.7 Å². The van der Waals surface area contributed by atoms with Gasteiger partial charge in [0, 0.05) is 30.0 Å². The van der Waals surface area contributed by atoms with Crippen LogP contribution in [0.15, 0.2) is 18.2 Å². The lowest BCUT2D eigenvalue weighted by Gasteiger charge is -2.23. The van der Waals surface area contributed by atoms with E-state index in [1.165, 1.54) is 6.07 Å². The van der Waals surface area contributed by atoms with Crippen LogP contribution in [0.5, 0.6) is 0 Å². The number of nitrogens with two attached hydrogens (primary N) is 1. The highest BCUT2D eigenvalue weighted by molar-refractivity contribution is 5.60. The molecule has 0 aliphatic carbocycles. The molecule has 1 aromatic rings. The monoisotopic (exact) mass is 254 g/mol. The lowest BCUT2D eigenvalue weighted by atomic mass is 9.95. The highest BCUT2D eigenvalue weighted by Gasteiger charge is 2.27. The van der Waals surface area contributed by atoms with E-state index >= 15 is 0 Å². The minimum atomic E-state index is -2.47. The fraction of sp³-hybridized carbons (Fsp3) is 0.571. The molecule has 1 atom stereocenters. The van der Waals surface area contributed by atoms with Crippen LogP contribution in [0.25, 0.3) is 0 Å². The van der Waals surface area contributed by atoms with Crippen LogP contribution in [-0.4, -0.2) is 13.1 Å². The Labute approximate surface area is 107 Å². The highest BCUT2D eigenvalue weighted by Crippen LogP contribution is 2.35. The van der Waals surface area contributed by atoms with Crippen molar-refractivity contribution in [3.8, 4) is 0 Å². The van der Waals surface area contributed by atoms with E-state index in [0.29, 0.717) is 23.2 Å². The first-order valence-electron chi connectivity index (χ1n) is 6.41.